The molecule has 19 heavy (non-hydrogen) atoms. The number of hydrogen-bond donors (Lipinski definition) is 1. The summed E-state index contributed by atoms with van der Waals surface area (Å²) in [5, 5.41) is 10.2. The van der Waals surface area contributed by atoms with Gasteiger partial charge in [0.05, 0.1) is 24.9 Å². The third-order valence-corrected chi connectivity index (χ3v) is 5.53. The van der Waals surface area contributed by atoms with Gasteiger partial charge in [0.2, 0.25) is 0 Å². The highest BCUT2D eigenvalue weighted by Gasteiger charge is 2.54. The Morgan fingerprint density at radius 1 is 1.05 bits per heavy atom. The summed E-state index contributed by atoms with van der Waals surface area (Å²) in [6.45, 7) is 1.63. The third kappa shape index (κ3) is 2.84. The molecule has 1 heterocycles. The molecule has 1 spiro atoms. The second-order valence-electron chi connectivity index (χ2n) is 6.71. The first-order valence-corrected chi connectivity index (χ1v) is 8.22. The van der Waals surface area contributed by atoms with Gasteiger partial charge in [-0.3, -0.25) is 0 Å². The molecule has 0 aromatic rings. The summed E-state index contributed by atoms with van der Waals surface area (Å²) in [6.07, 6.45) is 12.4. The molecule has 0 aromatic heterocycles. The molecular formula is C16H28O3. The predicted molar refractivity (Wildman–Crippen MR) is 74.1 cm³/mol. The van der Waals surface area contributed by atoms with Crippen molar-refractivity contribution in [1.29, 1.82) is 0 Å². The number of rotatable bonds is 3. The van der Waals surface area contributed by atoms with Crippen LogP contribution in [0.4, 0.5) is 0 Å². The monoisotopic (exact) mass is 268 g/mol. The Bertz CT molecular complexity index is 278. The molecule has 1 N–H and O–H groups in total. The van der Waals surface area contributed by atoms with Crippen molar-refractivity contribution in [1.82, 2.24) is 0 Å². The van der Waals surface area contributed by atoms with E-state index in [-0.39, 0.29) is 17.6 Å². The smallest absolute Gasteiger partial charge is 0.0808 e. The standard InChI is InChI=1S/C16H28O3/c17-14-11-15(16(14)8-4-1-2-5-9-16)19-12-13-7-3-6-10-18-13/h13-15,17H,1-12H2. The quantitative estimate of drug-likeness (QED) is 0.855. The molecule has 3 nitrogen and oxygen atoms in total. The zero-order valence-corrected chi connectivity index (χ0v) is 12.0. The summed E-state index contributed by atoms with van der Waals surface area (Å²) < 4.78 is 11.9. The maximum atomic E-state index is 10.2. The van der Waals surface area contributed by atoms with E-state index >= 15 is 0 Å². The molecule has 110 valence electrons. The minimum absolute atomic E-state index is 0.0885. The Morgan fingerprint density at radius 3 is 2.47 bits per heavy atom. The van der Waals surface area contributed by atoms with Crippen LogP contribution in [0.25, 0.3) is 0 Å². The van der Waals surface area contributed by atoms with Crippen molar-refractivity contribution < 1.29 is 14.6 Å². The van der Waals surface area contributed by atoms with E-state index in [0.717, 1.165) is 38.9 Å². The van der Waals surface area contributed by atoms with Gasteiger partial charge in [-0.25, -0.2) is 0 Å². The molecule has 1 saturated heterocycles. The lowest BCUT2D eigenvalue weighted by Crippen LogP contribution is -2.58. The molecule has 0 bridgehead atoms. The molecule has 0 amide bonds. The van der Waals surface area contributed by atoms with E-state index in [2.05, 4.69) is 0 Å². The van der Waals surface area contributed by atoms with Crippen LogP contribution in [0.2, 0.25) is 0 Å². The molecule has 0 aromatic carbocycles. The van der Waals surface area contributed by atoms with E-state index in [1.807, 2.05) is 0 Å². The van der Waals surface area contributed by atoms with Crippen molar-refractivity contribution in [2.75, 3.05) is 13.2 Å². The van der Waals surface area contributed by atoms with Crippen LogP contribution < -0.4 is 0 Å². The Morgan fingerprint density at radius 2 is 1.84 bits per heavy atom. The van der Waals surface area contributed by atoms with Gasteiger partial charge in [-0.1, -0.05) is 25.7 Å². The van der Waals surface area contributed by atoms with E-state index in [1.165, 1.54) is 38.5 Å². The van der Waals surface area contributed by atoms with Crippen LogP contribution in [0.1, 0.15) is 64.2 Å². The van der Waals surface area contributed by atoms with E-state index in [1.54, 1.807) is 0 Å². The van der Waals surface area contributed by atoms with Gasteiger partial charge in [0.15, 0.2) is 0 Å². The summed E-state index contributed by atoms with van der Waals surface area (Å²) >= 11 is 0. The van der Waals surface area contributed by atoms with Crippen molar-refractivity contribution in [3.63, 3.8) is 0 Å². The lowest BCUT2D eigenvalue weighted by atomic mass is 9.59. The molecule has 3 fully saturated rings. The van der Waals surface area contributed by atoms with Crippen LogP contribution in [0.5, 0.6) is 0 Å². The molecular weight excluding hydrogens is 240 g/mol. The first kappa shape index (κ1) is 13.8. The Kier molecular flexibility index (Phi) is 4.45. The lowest BCUT2D eigenvalue weighted by Gasteiger charge is -2.53. The highest BCUT2D eigenvalue weighted by molar-refractivity contribution is 5.04. The summed E-state index contributed by atoms with van der Waals surface area (Å²) in [4.78, 5) is 0. The van der Waals surface area contributed by atoms with Crippen molar-refractivity contribution in [2.24, 2.45) is 5.41 Å². The predicted octanol–water partition coefficient (Wildman–Crippen LogP) is 3.05. The lowest BCUT2D eigenvalue weighted by molar-refractivity contribution is -0.210. The van der Waals surface area contributed by atoms with Crippen LogP contribution in [-0.4, -0.2) is 36.6 Å². The fourth-order valence-electron chi connectivity index (χ4n) is 4.16. The van der Waals surface area contributed by atoms with Gasteiger partial charge in [0, 0.05) is 18.4 Å². The number of aliphatic hydroxyl groups excluding tert-OH is 1. The van der Waals surface area contributed by atoms with E-state index in [9.17, 15) is 5.11 Å². The largest absolute Gasteiger partial charge is 0.392 e. The van der Waals surface area contributed by atoms with E-state index in [0.29, 0.717) is 6.10 Å². The normalized spacial score (nSPS) is 38.7. The second kappa shape index (κ2) is 6.11. The molecule has 3 heteroatoms. The summed E-state index contributed by atoms with van der Waals surface area (Å²) in [5.41, 5.74) is 0.0885. The molecule has 2 saturated carbocycles. The highest BCUT2D eigenvalue weighted by atomic mass is 16.5. The molecule has 3 aliphatic rings. The molecule has 3 rings (SSSR count). The molecule has 2 aliphatic carbocycles. The number of hydrogen-bond acceptors (Lipinski definition) is 3. The fourth-order valence-corrected chi connectivity index (χ4v) is 4.16. The zero-order valence-electron chi connectivity index (χ0n) is 12.0. The number of ether oxygens (including phenoxy) is 2. The topological polar surface area (TPSA) is 38.7 Å². The Hall–Kier alpha value is -0.120. The van der Waals surface area contributed by atoms with Gasteiger partial charge < -0.3 is 14.6 Å². The van der Waals surface area contributed by atoms with Crippen molar-refractivity contribution >= 4 is 0 Å². The summed E-state index contributed by atoms with van der Waals surface area (Å²) in [6, 6.07) is 0. The van der Waals surface area contributed by atoms with Gasteiger partial charge >= 0.3 is 0 Å². The van der Waals surface area contributed by atoms with Crippen molar-refractivity contribution in [2.45, 2.75) is 82.5 Å². The molecule has 1 aliphatic heterocycles. The Balaban J connectivity index is 1.52. The van der Waals surface area contributed by atoms with Gasteiger partial charge in [-0.2, -0.15) is 0 Å². The zero-order chi connectivity index (χ0) is 13.1. The average Bonchev–Trinajstić information content (AvgIpc) is 2.72. The minimum atomic E-state index is -0.122. The molecule has 3 atom stereocenters. The highest BCUT2D eigenvalue weighted by Crippen LogP contribution is 2.52. The van der Waals surface area contributed by atoms with Crippen molar-refractivity contribution in [3.05, 3.63) is 0 Å². The average molecular weight is 268 g/mol. The Labute approximate surface area is 116 Å². The molecule has 0 radical (unpaired) electrons. The van der Waals surface area contributed by atoms with Crippen LogP contribution in [-0.2, 0) is 9.47 Å². The first-order valence-electron chi connectivity index (χ1n) is 8.22. The first-order chi connectivity index (χ1) is 9.31. The summed E-state index contributed by atoms with van der Waals surface area (Å²) in [5.74, 6) is 0. The maximum absolute atomic E-state index is 10.2. The van der Waals surface area contributed by atoms with Crippen LogP contribution in [0, 0.1) is 5.41 Å². The van der Waals surface area contributed by atoms with Crippen LogP contribution >= 0.6 is 0 Å². The van der Waals surface area contributed by atoms with Gasteiger partial charge in [-0.15, -0.1) is 0 Å². The van der Waals surface area contributed by atoms with E-state index in [4.69, 9.17) is 9.47 Å². The van der Waals surface area contributed by atoms with Gasteiger partial charge in [-0.05, 0) is 32.1 Å². The maximum Gasteiger partial charge on any atom is 0.0808 e. The van der Waals surface area contributed by atoms with Crippen LogP contribution in [0.15, 0.2) is 0 Å². The third-order valence-electron chi connectivity index (χ3n) is 5.53. The molecule has 3 unspecified atom stereocenters. The minimum Gasteiger partial charge on any atom is -0.392 e. The summed E-state index contributed by atoms with van der Waals surface area (Å²) in [7, 11) is 0. The second-order valence-corrected chi connectivity index (χ2v) is 6.71. The van der Waals surface area contributed by atoms with E-state index < -0.39 is 0 Å². The van der Waals surface area contributed by atoms with Gasteiger partial charge in [0.1, 0.15) is 0 Å². The van der Waals surface area contributed by atoms with Crippen LogP contribution in [0.3, 0.4) is 0 Å². The van der Waals surface area contributed by atoms with Gasteiger partial charge in [0.25, 0.3) is 0 Å². The SMILES string of the molecule is OC1CC(OCC2CCCCO2)C12CCCCCC2. The fraction of sp³-hybridized carbons (Fsp3) is 1.00. The van der Waals surface area contributed by atoms with Crippen molar-refractivity contribution in [3.8, 4) is 0 Å². The number of aliphatic hydroxyl groups is 1.